The lowest BCUT2D eigenvalue weighted by Gasteiger charge is -2.10. The molecule has 1 aliphatic heterocycles. The predicted octanol–water partition coefficient (Wildman–Crippen LogP) is 4.11. The Hall–Kier alpha value is -4.50. The zero-order valence-corrected chi connectivity index (χ0v) is 25.5. The largest absolute Gasteiger partial charge is 1.00 e. The molecule has 5 rings (SSSR count). The number of halogens is 5. The molecule has 0 unspecified atom stereocenters. The number of carbonyl (C=O) groups excluding carboxylic acids is 2. The number of nitrogens with one attached hydrogen (secondary N) is 1. The van der Waals surface area contributed by atoms with Gasteiger partial charge in [0, 0.05) is 6.42 Å². The van der Waals surface area contributed by atoms with Gasteiger partial charge in [0.15, 0.2) is 23.0 Å². The van der Waals surface area contributed by atoms with Gasteiger partial charge < -0.3 is 17.7 Å². The number of Topliss-reactive ketones (excluding diaryl/α,β-unsaturated/α-hetero) is 1. The average molecular weight is 626 g/mol. The molecule has 0 saturated carbocycles. The van der Waals surface area contributed by atoms with Gasteiger partial charge in [-0.1, -0.05) is 48.5 Å². The highest BCUT2D eigenvalue weighted by molar-refractivity contribution is 6.41. The topological polar surface area (TPSA) is 52.4 Å². The van der Waals surface area contributed by atoms with E-state index in [1.165, 1.54) is 36.4 Å². The third kappa shape index (κ3) is 7.71. The van der Waals surface area contributed by atoms with Crippen LogP contribution < -0.4 is 22.6 Å². The number of hydrogen-bond donors (Lipinski definition) is 1. The quantitative estimate of drug-likeness (QED) is 0.199. The van der Waals surface area contributed by atoms with Crippen molar-refractivity contribution in [1.29, 1.82) is 0 Å². The minimum absolute atomic E-state index is 0. The van der Waals surface area contributed by atoms with Crippen molar-refractivity contribution in [3.63, 3.8) is 0 Å². The standard InChI is InChI=1S/C17H17F2N2.C17H15F2NO2.ClH/c1-12-5-3-7-14(18)16(12)20-9-10-21(11-20)17-13(2)6-4-8-15(17)19;1-10-5-3-7-13(18)12(10)9-15(21)17(22)20-16-11(2)6-4-8-14(16)19;/h3-8,11H,9-10H2,1-2H3;3-8H,9H2,1-2H3,(H,20,22);1H/q+1;;/p-1. The molecular weight excluding hydrogens is 594 g/mol. The molecular formula is C34H32ClF4N3O2. The number of carbonyl (C=O) groups is 2. The summed E-state index contributed by atoms with van der Waals surface area (Å²) in [5.41, 5.74) is 4.10. The lowest BCUT2D eigenvalue weighted by atomic mass is 10.0. The fourth-order valence-electron chi connectivity index (χ4n) is 4.92. The van der Waals surface area contributed by atoms with Crippen LogP contribution in [0.1, 0.15) is 27.8 Å². The first-order valence-electron chi connectivity index (χ1n) is 13.7. The molecule has 230 valence electrons. The summed E-state index contributed by atoms with van der Waals surface area (Å²) in [4.78, 5) is 25.7. The lowest BCUT2D eigenvalue weighted by molar-refractivity contribution is -0.426. The van der Waals surface area contributed by atoms with Crippen LogP contribution in [0.5, 0.6) is 0 Å². The van der Waals surface area contributed by atoms with Gasteiger partial charge in [0.05, 0.1) is 5.69 Å². The van der Waals surface area contributed by atoms with Gasteiger partial charge in [-0.05, 0) is 79.8 Å². The third-order valence-electron chi connectivity index (χ3n) is 7.22. The van der Waals surface area contributed by atoms with Gasteiger partial charge in [0.25, 0.3) is 5.91 Å². The summed E-state index contributed by atoms with van der Waals surface area (Å²) >= 11 is 0. The van der Waals surface area contributed by atoms with E-state index in [2.05, 4.69) is 5.32 Å². The Morgan fingerprint density at radius 1 is 0.727 bits per heavy atom. The highest BCUT2D eigenvalue weighted by atomic mass is 35.5. The maximum Gasteiger partial charge on any atom is 0.292 e. The van der Waals surface area contributed by atoms with Crippen LogP contribution in [-0.4, -0.2) is 35.7 Å². The Morgan fingerprint density at radius 3 is 1.86 bits per heavy atom. The molecule has 0 radical (unpaired) electrons. The predicted molar refractivity (Wildman–Crippen MR) is 160 cm³/mol. The minimum Gasteiger partial charge on any atom is -1.00 e. The number of aryl methyl sites for hydroxylation is 4. The van der Waals surface area contributed by atoms with Crippen molar-refractivity contribution in [2.45, 2.75) is 34.1 Å². The van der Waals surface area contributed by atoms with E-state index in [0.717, 1.165) is 11.1 Å². The van der Waals surface area contributed by atoms with Crippen LogP contribution in [0.15, 0.2) is 72.8 Å². The first-order valence-corrected chi connectivity index (χ1v) is 13.7. The number of rotatable bonds is 6. The highest BCUT2D eigenvalue weighted by Gasteiger charge is 2.28. The summed E-state index contributed by atoms with van der Waals surface area (Å²) in [5, 5.41) is 2.25. The Morgan fingerprint density at radius 2 is 1.27 bits per heavy atom. The van der Waals surface area contributed by atoms with Crippen LogP contribution in [-0.2, 0) is 16.0 Å². The van der Waals surface area contributed by atoms with Gasteiger partial charge in [0.2, 0.25) is 12.1 Å². The van der Waals surface area contributed by atoms with Crippen molar-refractivity contribution in [2.75, 3.05) is 23.3 Å². The monoisotopic (exact) mass is 625 g/mol. The Balaban J connectivity index is 0.000000235. The van der Waals surface area contributed by atoms with Crippen molar-refractivity contribution >= 4 is 35.1 Å². The van der Waals surface area contributed by atoms with E-state index in [1.54, 1.807) is 44.5 Å². The molecule has 0 bridgehead atoms. The molecule has 0 saturated heterocycles. The zero-order chi connectivity index (χ0) is 31.3. The van der Waals surface area contributed by atoms with E-state index in [9.17, 15) is 27.2 Å². The molecule has 0 fully saturated rings. The number of hydrogen-bond acceptors (Lipinski definition) is 3. The molecule has 5 nitrogen and oxygen atoms in total. The maximum atomic E-state index is 14.0. The SMILES string of the molecule is Cc1cccc(F)c1CC(=O)C(=O)Nc1c(C)cccc1F.Cc1cccc(F)c1N1C=[N+](c2c(C)cccc2F)CC1.[Cl-]. The summed E-state index contributed by atoms with van der Waals surface area (Å²) in [7, 11) is 0. The van der Waals surface area contributed by atoms with Crippen LogP contribution in [0.2, 0.25) is 0 Å². The highest BCUT2D eigenvalue weighted by Crippen LogP contribution is 2.28. The Labute approximate surface area is 260 Å². The van der Waals surface area contributed by atoms with E-state index in [1.807, 2.05) is 35.5 Å². The zero-order valence-electron chi connectivity index (χ0n) is 24.7. The van der Waals surface area contributed by atoms with Crippen LogP contribution in [0.4, 0.5) is 34.6 Å². The number of para-hydroxylation sites is 3. The van der Waals surface area contributed by atoms with Gasteiger partial charge >= 0.3 is 0 Å². The second-order valence-electron chi connectivity index (χ2n) is 10.3. The van der Waals surface area contributed by atoms with Crippen LogP contribution in [0, 0.1) is 51.0 Å². The number of nitrogens with zero attached hydrogens (tertiary/aromatic N) is 2. The van der Waals surface area contributed by atoms with E-state index < -0.39 is 23.3 Å². The van der Waals surface area contributed by atoms with Gasteiger partial charge in [-0.15, -0.1) is 0 Å². The molecule has 0 spiro atoms. The number of benzene rings is 4. The first-order chi connectivity index (χ1) is 20.5. The van der Waals surface area contributed by atoms with Crippen LogP contribution in [0.3, 0.4) is 0 Å². The molecule has 4 aromatic rings. The summed E-state index contributed by atoms with van der Waals surface area (Å²) in [6, 6.07) is 18.8. The summed E-state index contributed by atoms with van der Waals surface area (Å²) in [5.74, 6) is -3.45. The second kappa shape index (κ2) is 14.8. The van der Waals surface area contributed by atoms with Gasteiger partial charge in [-0.25, -0.2) is 27.0 Å². The fraction of sp³-hybridized carbons (Fsp3) is 0.206. The van der Waals surface area contributed by atoms with Gasteiger partial charge in [0.1, 0.15) is 24.7 Å². The Kier molecular flexibility index (Phi) is 11.4. The van der Waals surface area contributed by atoms with Crippen LogP contribution >= 0.6 is 0 Å². The van der Waals surface area contributed by atoms with Crippen molar-refractivity contribution in [3.8, 4) is 0 Å². The smallest absolute Gasteiger partial charge is 0.292 e. The van der Waals surface area contributed by atoms with Crippen LogP contribution in [0.25, 0.3) is 0 Å². The van der Waals surface area contributed by atoms with Crippen molar-refractivity contribution in [2.24, 2.45) is 0 Å². The van der Waals surface area contributed by atoms with Crippen molar-refractivity contribution < 1.29 is 44.1 Å². The Bertz CT molecular complexity index is 1580. The molecule has 4 aromatic carbocycles. The lowest BCUT2D eigenvalue weighted by Crippen LogP contribution is -3.00. The first kappa shape index (κ1) is 34.0. The number of amides is 1. The summed E-state index contributed by atoms with van der Waals surface area (Å²) < 4.78 is 57.2. The molecule has 0 aliphatic carbocycles. The fourth-order valence-corrected chi connectivity index (χ4v) is 4.92. The molecule has 10 heteroatoms. The van der Waals surface area contributed by atoms with E-state index in [0.29, 0.717) is 35.6 Å². The average Bonchev–Trinajstić information content (AvgIpc) is 3.42. The molecule has 44 heavy (non-hydrogen) atoms. The van der Waals surface area contributed by atoms with Gasteiger partial charge in [-0.3, -0.25) is 9.59 Å². The normalized spacial score (nSPS) is 12.1. The van der Waals surface area contributed by atoms with Crippen molar-refractivity contribution in [1.82, 2.24) is 0 Å². The maximum absolute atomic E-state index is 14.0. The molecule has 0 aromatic heterocycles. The molecule has 1 heterocycles. The molecule has 1 N–H and O–H groups in total. The summed E-state index contributed by atoms with van der Waals surface area (Å²) in [6.07, 6.45) is 1.43. The van der Waals surface area contributed by atoms with E-state index in [4.69, 9.17) is 0 Å². The van der Waals surface area contributed by atoms with E-state index in [-0.39, 0.29) is 41.7 Å². The minimum atomic E-state index is -0.962. The number of ketones is 1. The third-order valence-corrected chi connectivity index (χ3v) is 7.22. The molecule has 0 atom stereocenters. The summed E-state index contributed by atoms with van der Waals surface area (Å²) in [6.45, 7) is 8.30. The van der Waals surface area contributed by atoms with E-state index >= 15 is 0 Å². The molecule has 1 aliphatic rings. The number of anilines is 2. The second-order valence-corrected chi connectivity index (χ2v) is 10.3. The molecule has 1 amide bonds. The van der Waals surface area contributed by atoms with Gasteiger partial charge in [-0.2, -0.15) is 0 Å². The van der Waals surface area contributed by atoms with Crippen molar-refractivity contribution in [3.05, 3.63) is 124 Å².